The first-order valence-corrected chi connectivity index (χ1v) is 6.03. The van der Waals surface area contributed by atoms with Crippen molar-refractivity contribution in [3.05, 3.63) is 16.7 Å². The summed E-state index contributed by atoms with van der Waals surface area (Å²) < 4.78 is 2.64. The van der Waals surface area contributed by atoms with E-state index in [2.05, 4.69) is 4.98 Å². The molecule has 0 unspecified atom stereocenters. The van der Waals surface area contributed by atoms with Crippen LogP contribution in [0.25, 0.3) is 0 Å². The first-order valence-electron chi connectivity index (χ1n) is 5.62. The van der Waals surface area contributed by atoms with Crippen LogP contribution in [0, 0.1) is 11.7 Å². The van der Waals surface area contributed by atoms with Gasteiger partial charge in [-0.15, -0.1) is 0 Å². The van der Waals surface area contributed by atoms with E-state index in [1.54, 1.807) is 0 Å². The van der Waals surface area contributed by atoms with Crippen molar-refractivity contribution in [2.24, 2.45) is 0 Å². The van der Waals surface area contributed by atoms with Crippen LogP contribution < -0.4 is 0 Å². The molecule has 4 nitrogen and oxygen atoms in total. The van der Waals surface area contributed by atoms with Crippen molar-refractivity contribution in [3.63, 3.8) is 0 Å². The van der Waals surface area contributed by atoms with Crippen molar-refractivity contribution in [2.75, 3.05) is 13.1 Å². The van der Waals surface area contributed by atoms with Gasteiger partial charge in [0, 0.05) is 37.9 Å². The molecule has 0 aromatic carbocycles. The van der Waals surface area contributed by atoms with Gasteiger partial charge < -0.3 is 14.5 Å². The van der Waals surface area contributed by atoms with Crippen molar-refractivity contribution < 1.29 is 4.79 Å². The van der Waals surface area contributed by atoms with E-state index in [-0.39, 0.29) is 5.91 Å². The number of nitrogens with zero attached hydrogens (tertiary/aromatic N) is 2. The van der Waals surface area contributed by atoms with Crippen LogP contribution in [-0.4, -0.2) is 33.4 Å². The van der Waals surface area contributed by atoms with Crippen LogP contribution in [0.2, 0.25) is 0 Å². The third kappa shape index (κ3) is 2.95. The summed E-state index contributed by atoms with van der Waals surface area (Å²) >= 11 is 5.13. The molecule has 1 aromatic heterocycles. The number of carbonyl (C=O) groups is 1. The van der Waals surface area contributed by atoms with E-state index < -0.39 is 0 Å². The van der Waals surface area contributed by atoms with E-state index in [0.717, 1.165) is 18.8 Å². The van der Waals surface area contributed by atoms with Gasteiger partial charge in [0.25, 0.3) is 0 Å². The van der Waals surface area contributed by atoms with Crippen LogP contribution in [0.1, 0.15) is 26.0 Å². The minimum Gasteiger partial charge on any atom is -0.343 e. The molecule has 0 fully saturated rings. The number of amides is 1. The van der Waals surface area contributed by atoms with Gasteiger partial charge in [0.05, 0.1) is 0 Å². The Morgan fingerprint density at radius 1 is 1.50 bits per heavy atom. The van der Waals surface area contributed by atoms with Gasteiger partial charge in [-0.2, -0.15) is 0 Å². The second-order valence-corrected chi connectivity index (χ2v) is 4.09. The highest BCUT2D eigenvalue weighted by Crippen LogP contribution is 2.03. The second-order valence-electron chi connectivity index (χ2n) is 3.70. The van der Waals surface area contributed by atoms with Crippen LogP contribution in [-0.2, 0) is 11.3 Å². The van der Waals surface area contributed by atoms with Crippen LogP contribution >= 0.6 is 12.2 Å². The number of aromatic nitrogens is 2. The standard InChI is InChI=1S/C11H19N3OS/c1-4-13(5-2)10(15)6-7-14-9(3)8-12-11(14)16/h8H,4-7H2,1-3H3,(H,12,16). The molecule has 1 aromatic rings. The Balaban J connectivity index is 2.58. The van der Waals surface area contributed by atoms with Gasteiger partial charge in [-0.1, -0.05) is 0 Å². The molecule has 1 rings (SSSR count). The van der Waals surface area contributed by atoms with E-state index in [1.165, 1.54) is 0 Å². The highest BCUT2D eigenvalue weighted by Gasteiger charge is 2.10. The largest absolute Gasteiger partial charge is 0.343 e. The van der Waals surface area contributed by atoms with E-state index in [1.807, 2.05) is 36.4 Å². The van der Waals surface area contributed by atoms with Gasteiger partial charge >= 0.3 is 0 Å². The molecular formula is C11H19N3OS. The second kappa shape index (κ2) is 5.84. The van der Waals surface area contributed by atoms with Crippen LogP contribution in [0.15, 0.2) is 6.20 Å². The molecule has 0 saturated heterocycles. The first kappa shape index (κ1) is 13.0. The molecule has 5 heteroatoms. The average molecular weight is 241 g/mol. The molecule has 1 heterocycles. The Labute approximate surface area is 101 Å². The Bertz CT molecular complexity index is 404. The lowest BCUT2D eigenvalue weighted by atomic mass is 10.3. The molecule has 0 aliphatic carbocycles. The van der Waals surface area contributed by atoms with Crippen LogP contribution in [0.3, 0.4) is 0 Å². The zero-order valence-electron chi connectivity index (χ0n) is 10.1. The van der Waals surface area contributed by atoms with E-state index in [9.17, 15) is 4.79 Å². The van der Waals surface area contributed by atoms with Crippen LogP contribution in [0.4, 0.5) is 0 Å². The topological polar surface area (TPSA) is 41.0 Å². The predicted octanol–water partition coefficient (Wildman–Crippen LogP) is 2.11. The maximum atomic E-state index is 11.8. The summed E-state index contributed by atoms with van der Waals surface area (Å²) in [6.45, 7) is 8.17. The Hall–Kier alpha value is -1.10. The van der Waals surface area contributed by atoms with Gasteiger partial charge in [-0.3, -0.25) is 4.79 Å². The van der Waals surface area contributed by atoms with Gasteiger partial charge in [0.2, 0.25) is 5.91 Å². The quantitative estimate of drug-likeness (QED) is 0.802. The number of aromatic amines is 1. The normalized spacial score (nSPS) is 10.4. The van der Waals surface area contributed by atoms with Gasteiger partial charge in [0.15, 0.2) is 4.77 Å². The zero-order valence-corrected chi connectivity index (χ0v) is 10.9. The molecule has 0 aliphatic rings. The zero-order chi connectivity index (χ0) is 12.1. The minimum absolute atomic E-state index is 0.188. The molecule has 1 amide bonds. The molecule has 0 saturated carbocycles. The van der Waals surface area contributed by atoms with E-state index in [4.69, 9.17) is 12.2 Å². The van der Waals surface area contributed by atoms with Crippen molar-refractivity contribution in [3.8, 4) is 0 Å². The number of hydrogen-bond donors (Lipinski definition) is 1. The number of carbonyl (C=O) groups excluding carboxylic acids is 1. The number of H-pyrrole nitrogens is 1. The maximum absolute atomic E-state index is 11.8. The number of aryl methyl sites for hydroxylation is 1. The van der Waals surface area contributed by atoms with Crippen molar-refractivity contribution >= 4 is 18.1 Å². The molecule has 0 spiro atoms. The number of rotatable bonds is 5. The summed E-state index contributed by atoms with van der Waals surface area (Å²) in [7, 11) is 0. The highest BCUT2D eigenvalue weighted by atomic mass is 32.1. The lowest BCUT2D eigenvalue weighted by Gasteiger charge is -2.18. The fourth-order valence-electron chi connectivity index (χ4n) is 1.70. The molecule has 0 radical (unpaired) electrons. The molecular weight excluding hydrogens is 222 g/mol. The minimum atomic E-state index is 0.188. The predicted molar refractivity (Wildman–Crippen MR) is 66.9 cm³/mol. The molecule has 90 valence electrons. The summed E-state index contributed by atoms with van der Waals surface area (Å²) in [4.78, 5) is 16.6. The Morgan fingerprint density at radius 2 is 2.12 bits per heavy atom. The fraction of sp³-hybridized carbons (Fsp3) is 0.636. The smallest absolute Gasteiger partial charge is 0.224 e. The van der Waals surface area contributed by atoms with Crippen molar-refractivity contribution in [2.45, 2.75) is 33.7 Å². The third-order valence-corrected chi connectivity index (χ3v) is 3.08. The van der Waals surface area contributed by atoms with Crippen molar-refractivity contribution in [1.29, 1.82) is 0 Å². The lowest BCUT2D eigenvalue weighted by molar-refractivity contribution is -0.131. The van der Waals surface area contributed by atoms with Crippen LogP contribution in [0.5, 0.6) is 0 Å². The Kier molecular flexibility index (Phi) is 4.73. The maximum Gasteiger partial charge on any atom is 0.224 e. The summed E-state index contributed by atoms with van der Waals surface area (Å²) in [5.74, 6) is 0.188. The summed E-state index contributed by atoms with van der Waals surface area (Å²) in [5, 5.41) is 0. The first-order chi connectivity index (χ1) is 7.60. The number of hydrogen-bond acceptors (Lipinski definition) is 2. The molecule has 1 N–H and O–H groups in total. The monoisotopic (exact) mass is 241 g/mol. The average Bonchev–Trinajstić information content (AvgIpc) is 2.58. The number of imidazole rings is 1. The summed E-state index contributed by atoms with van der Waals surface area (Å²) in [6.07, 6.45) is 2.37. The van der Waals surface area contributed by atoms with Crippen molar-refractivity contribution in [1.82, 2.24) is 14.5 Å². The molecule has 0 aliphatic heterocycles. The van der Waals surface area contributed by atoms with E-state index >= 15 is 0 Å². The van der Waals surface area contributed by atoms with Gasteiger partial charge in [0.1, 0.15) is 0 Å². The third-order valence-electron chi connectivity index (χ3n) is 2.74. The molecule has 0 bridgehead atoms. The number of nitrogens with one attached hydrogen (secondary N) is 1. The summed E-state index contributed by atoms with van der Waals surface area (Å²) in [5.41, 5.74) is 1.07. The lowest BCUT2D eigenvalue weighted by Crippen LogP contribution is -2.31. The molecule has 16 heavy (non-hydrogen) atoms. The Morgan fingerprint density at radius 3 is 2.56 bits per heavy atom. The van der Waals surface area contributed by atoms with E-state index in [0.29, 0.717) is 17.7 Å². The SMILES string of the molecule is CCN(CC)C(=O)CCn1c(C)c[nH]c1=S. The fourth-order valence-corrected chi connectivity index (χ4v) is 2.00. The van der Waals surface area contributed by atoms with Gasteiger partial charge in [-0.05, 0) is 33.0 Å². The summed E-state index contributed by atoms with van der Waals surface area (Å²) in [6, 6.07) is 0. The molecule has 0 atom stereocenters. The van der Waals surface area contributed by atoms with Gasteiger partial charge in [-0.25, -0.2) is 0 Å². The highest BCUT2D eigenvalue weighted by molar-refractivity contribution is 7.71.